The second-order valence-corrected chi connectivity index (χ2v) is 7.12. The summed E-state index contributed by atoms with van der Waals surface area (Å²) in [6, 6.07) is 2.64. The van der Waals surface area contributed by atoms with Crippen LogP contribution in [0.15, 0.2) is 18.3 Å². The van der Waals surface area contributed by atoms with Gasteiger partial charge in [-0.1, -0.05) is 34.8 Å². The molecule has 0 unspecified atom stereocenters. The first kappa shape index (κ1) is 20.1. The van der Waals surface area contributed by atoms with Crippen molar-refractivity contribution in [3.05, 3.63) is 39.0 Å². The zero-order valence-corrected chi connectivity index (χ0v) is 16.0. The molecule has 1 aliphatic rings. The molecule has 0 atom stereocenters. The second kappa shape index (κ2) is 7.77. The lowest BCUT2D eigenvalue weighted by Crippen LogP contribution is -2.32. The van der Waals surface area contributed by atoms with Gasteiger partial charge in [-0.3, -0.25) is 4.79 Å². The first-order valence-corrected chi connectivity index (χ1v) is 9.02. The Morgan fingerprint density at radius 1 is 1.15 bits per heavy atom. The van der Waals surface area contributed by atoms with E-state index in [2.05, 4.69) is 5.10 Å². The largest absolute Gasteiger partial charge is 0.467 e. The first-order valence-electron chi connectivity index (χ1n) is 7.89. The molecule has 2 heterocycles. The van der Waals surface area contributed by atoms with Gasteiger partial charge in [0.1, 0.15) is 11.3 Å². The standard InChI is InChI=1S/C16H13Cl3F3N3O2/c17-9-5-11(18)14(12(19)6-9)25-15(10(7-23-25)16(20,21)22)27-8-13(26)24-3-1-2-4-24/h5-7H,1-4,8H2. The van der Waals surface area contributed by atoms with Gasteiger partial charge in [-0.15, -0.1) is 0 Å². The second-order valence-electron chi connectivity index (χ2n) is 5.87. The fraction of sp³-hybridized carbons (Fsp3) is 0.375. The molecule has 1 amide bonds. The van der Waals surface area contributed by atoms with E-state index in [-0.39, 0.29) is 20.8 Å². The number of ether oxygens (including phenoxy) is 1. The van der Waals surface area contributed by atoms with Crippen LogP contribution in [-0.2, 0) is 11.0 Å². The predicted octanol–water partition coefficient (Wildman–Crippen LogP) is 4.85. The monoisotopic (exact) mass is 441 g/mol. The van der Waals surface area contributed by atoms with Gasteiger partial charge in [0.05, 0.1) is 16.2 Å². The van der Waals surface area contributed by atoms with E-state index in [0.29, 0.717) is 19.3 Å². The Morgan fingerprint density at radius 3 is 2.30 bits per heavy atom. The summed E-state index contributed by atoms with van der Waals surface area (Å²) in [5.41, 5.74) is -1.17. The van der Waals surface area contributed by atoms with Crippen molar-refractivity contribution in [3.63, 3.8) is 0 Å². The van der Waals surface area contributed by atoms with Crippen LogP contribution in [0.5, 0.6) is 5.88 Å². The van der Waals surface area contributed by atoms with Crippen molar-refractivity contribution in [1.29, 1.82) is 0 Å². The number of aromatic nitrogens is 2. The van der Waals surface area contributed by atoms with Crippen molar-refractivity contribution < 1.29 is 22.7 Å². The number of halogens is 6. The number of hydrogen-bond donors (Lipinski definition) is 0. The summed E-state index contributed by atoms with van der Waals surface area (Å²) >= 11 is 18.0. The van der Waals surface area contributed by atoms with Gasteiger partial charge in [0, 0.05) is 18.1 Å². The molecular weight excluding hydrogens is 430 g/mol. The normalized spacial score (nSPS) is 14.7. The summed E-state index contributed by atoms with van der Waals surface area (Å²) in [5, 5.41) is 3.90. The van der Waals surface area contributed by atoms with E-state index in [4.69, 9.17) is 39.5 Å². The molecule has 0 aliphatic carbocycles. The summed E-state index contributed by atoms with van der Waals surface area (Å²) in [6.45, 7) is 0.558. The van der Waals surface area contributed by atoms with Crippen LogP contribution in [0.4, 0.5) is 13.2 Å². The average molecular weight is 443 g/mol. The zero-order chi connectivity index (χ0) is 19.8. The van der Waals surface area contributed by atoms with Gasteiger partial charge in [-0.25, -0.2) is 0 Å². The number of benzene rings is 1. The van der Waals surface area contributed by atoms with Gasteiger partial charge in [-0.2, -0.15) is 23.0 Å². The molecule has 1 aliphatic heterocycles. The van der Waals surface area contributed by atoms with Crippen LogP contribution in [0.1, 0.15) is 18.4 Å². The number of carbonyl (C=O) groups excluding carboxylic acids is 1. The van der Waals surface area contributed by atoms with Crippen LogP contribution in [0.25, 0.3) is 5.69 Å². The van der Waals surface area contributed by atoms with Gasteiger partial charge in [0.25, 0.3) is 5.91 Å². The summed E-state index contributed by atoms with van der Waals surface area (Å²) < 4.78 is 46.1. The van der Waals surface area contributed by atoms with Crippen molar-refractivity contribution in [2.24, 2.45) is 0 Å². The Balaban J connectivity index is 1.98. The molecule has 0 N–H and O–H groups in total. The maximum atomic E-state index is 13.4. The summed E-state index contributed by atoms with van der Waals surface area (Å²) in [7, 11) is 0. The van der Waals surface area contributed by atoms with Crippen LogP contribution >= 0.6 is 34.8 Å². The first-order chi connectivity index (χ1) is 12.7. The van der Waals surface area contributed by atoms with Crippen molar-refractivity contribution >= 4 is 40.7 Å². The molecule has 11 heteroatoms. The summed E-state index contributed by atoms with van der Waals surface area (Å²) in [4.78, 5) is 13.7. The Labute approximate surface area is 167 Å². The van der Waals surface area contributed by atoms with Gasteiger partial charge in [0.15, 0.2) is 6.61 Å². The maximum Gasteiger partial charge on any atom is 0.423 e. The molecule has 2 aromatic rings. The van der Waals surface area contributed by atoms with Crippen molar-refractivity contribution in [3.8, 4) is 11.6 Å². The number of alkyl halides is 3. The minimum absolute atomic E-state index is 0.0138. The average Bonchev–Trinajstić information content (AvgIpc) is 3.21. The lowest BCUT2D eigenvalue weighted by atomic mass is 10.3. The molecule has 1 aromatic heterocycles. The van der Waals surface area contributed by atoms with E-state index in [1.54, 1.807) is 0 Å². The summed E-state index contributed by atoms with van der Waals surface area (Å²) in [5.74, 6) is -1.07. The molecule has 27 heavy (non-hydrogen) atoms. The van der Waals surface area contributed by atoms with Gasteiger partial charge < -0.3 is 9.64 Å². The number of rotatable bonds is 4. The number of hydrogen-bond acceptors (Lipinski definition) is 3. The number of amides is 1. The minimum atomic E-state index is -4.74. The van der Waals surface area contributed by atoms with Crippen LogP contribution in [0, 0.1) is 0 Å². The lowest BCUT2D eigenvalue weighted by Gasteiger charge is -2.18. The van der Waals surface area contributed by atoms with E-state index in [1.807, 2.05) is 0 Å². The molecule has 1 fully saturated rings. The maximum absolute atomic E-state index is 13.4. The zero-order valence-electron chi connectivity index (χ0n) is 13.7. The third kappa shape index (κ3) is 4.28. The molecule has 0 bridgehead atoms. The van der Waals surface area contributed by atoms with E-state index in [1.165, 1.54) is 17.0 Å². The molecule has 5 nitrogen and oxygen atoms in total. The molecular formula is C16H13Cl3F3N3O2. The van der Waals surface area contributed by atoms with E-state index >= 15 is 0 Å². The Hall–Kier alpha value is -1.64. The highest BCUT2D eigenvalue weighted by Crippen LogP contribution is 2.40. The fourth-order valence-electron chi connectivity index (χ4n) is 2.75. The molecule has 1 aromatic carbocycles. The van der Waals surface area contributed by atoms with Crippen molar-refractivity contribution in [2.45, 2.75) is 19.0 Å². The van der Waals surface area contributed by atoms with Gasteiger partial charge in [0.2, 0.25) is 5.88 Å². The Bertz CT molecular complexity index is 841. The third-order valence-electron chi connectivity index (χ3n) is 4.02. The quantitative estimate of drug-likeness (QED) is 0.680. The number of nitrogens with zero attached hydrogens (tertiary/aromatic N) is 3. The van der Waals surface area contributed by atoms with Crippen molar-refractivity contribution in [1.82, 2.24) is 14.7 Å². The minimum Gasteiger partial charge on any atom is -0.467 e. The van der Waals surface area contributed by atoms with Crippen LogP contribution in [0.3, 0.4) is 0 Å². The Morgan fingerprint density at radius 2 is 1.74 bits per heavy atom. The molecule has 3 rings (SSSR count). The smallest absolute Gasteiger partial charge is 0.423 e. The Kier molecular flexibility index (Phi) is 5.79. The molecule has 1 saturated heterocycles. The highest BCUT2D eigenvalue weighted by Gasteiger charge is 2.39. The molecule has 0 saturated carbocycles. The molecule has 0 radical (unpaired) electrons. The summed E-state index contributed by atoms with van der Waals surface area (Å²) in [6.07, 6.45) is -2.44. The predicted molar refractivity (Wildman–Crippen MR) is 94.9 cm³/mol. The van der Waals surface area contributed by atoms with Gasteiger partial charge >= 0.3 is 6.18 Å². The topological polar surface area (TPSA) is 47.4 Å². The number of likely N-dealkylation sites (tertiary alicyclic amines) is 1. The van der Waals surface area contributed by atoms with Crippen LogP contribution in [-0.4, -0.2) is 40.3 Å². The molecule has 146 valence electrons. The fourth-order valence-corrected chi connectivity index (χ4v) is 3.73. The van der Waals surface area contributed by atoms with Crippen molar-refractivity contribution in [2.75, 3.05) is 19.7 Å². The SMILES string of the molecule is O=C(COc1c(C(F)(F)F)cnn1-c1c(Cl)cc(Cl)cc1Cl)N1CCCC1. The van der Waals surface area contributed by atoms with E-state index in [0.717, 1.165) is 17.5 Å². The lowest BCUT2D eigenvalue weighted by molar-refractivity contribution is -0.140. The van der Waals surface area contributed by atoms with Crippen LogP contribution < -0.4 is 4.74 Å². The highest BCUT2D eigenvalue weighted by molar-refractivity contribution is 6.40. The third-order valence-corrected chi connectivity index (χ3v) is 4.81. The highest BCUT2D eigenvalue weighted by atomic mass is 35.5. The van der Waals surface area contributed by atoms with Crippen LogP contribution in [0.2, 0.25) is 15.1 Å². The van der Waals surface area contributed by atoms with E-state index < -0.39 is 30.1 Å². The number of carbonyl (C=O) groups is 1. The van der Waals surface area contributed by atoms with Gasteiger partial charge in [-0.05, 0) is 25.0 Å². The molecule has 0 spiro atoms. The van der Waals surface area contributed by atoms with E-state index in [9.17, 15) is 18.0 Å².